The van der Waals surface area contributed by atoms with Crippen LogP contribution in [0.25, 0.3) is 0 Å². The van der Waals surface area contributed by atoms with E-state index in [1.807, 2.05) is 0 Å². The summed E-state index contributed by atoms with van der Waals surface area (Å²) in [5.74, 6) is 0. The minimum atomic E-state index is -2.92. The lowest BCUT2D eigenvalue weighted by Crippen LogP contribution is -2.12. The van der Waals surface area contributed by atoms with Crippen LogP contribution in [0, 0.1) is 0 Å². The molecule has 0 N–H and O–H groups in total. The van der Waals surface area contributed by atoms with Gasteiger partial charge in [-0.3, -0.25) is 0 Å². The summed E-state index contributed by atoms with van der Waals surface area (Å²) in [4.78, 5) is 0. The molecule has 0 bridgehead atoms. The Morgan fingerprint density at radius 3 is 2.33 bits per heavy atom. The van der Waals surface area contributed by atoms with E-state index in [4.69, 9.17) is 0 Å². The fourth-order valence-electron chi connectivity index (χ4n) is 0.731. The zero-order valence-corrected chi connectivity index (χ0v) is 9.50. The summed E-state index contributed by atoms with van der Waals surface area (Å²) in [6.45, 7) is 4.51. The van der Waals surface area contributed by atoms with Gasteiger partial charge in [-0.1, -0.05) is 0 Å². The second-order valence-electron chi connectivity index (χ2n) is 2.64. The summed E-state index contributed by atoms with van der Waals surface area (Å²) in [5.41, 5.74) is 0. The molecule has 12 heavy (non-hydrogen) atoms. The van der Waals surface area contributed by atoms with Gasteiger partial charge in [0, 0.05) is 0 Å². The Morgan fingerprint density at radius 1 is 1.33 bits per heavy atom. The number of halogens is 3. The van der Waals surface area contributed by atoms with Gasteiger partial charge in [0.1, 0.15) is 8.22 Å². The normalized spacial score (nSPS) is 37.8. The van der Waals surface area contributed by atoms with Gasteiger partial charge in [0.25, 0.3) is 0 Å². The van der Waals surface area contributed by atoms with Gasteiger partial charge in [0.05, 0.1) is 7.21 Å². The molecule has 0 aliphatic carbocycles. The van der Waals surface area contributed by atoms with Crippen molar-refractivity contribution < 1.29 is 13.2 Å². The van der Waals surface area contributed by atoms with Crippen molar-refractivity contribution in [3.8, 4) is 0 Å². The molecule has 0 aromatic rings. The van der Waals surface area contributed by atoms with Crippen molar-refractivity contribution in [2.45, 2.75) is 0 Å². The molecule has 1 aliphatic rings. The van der Waals surface area contributed by atoms with Crippen molar-refractivity contribution in [3.63, 3.8) is 0 Å². The lowest BCUT2D eigenvalue weighted by atomic mass is 11.9. The standard InChI is InChI=1S/C3H9F3N3P3/c1-10-7-12(2,3)9(5)11(6)8(10)4/h1-3H3. The average Bonchev–Trinajstić information content (AvgIpc) is 1.97. The van der Waals surface area contributed by atoms with Crippen molar-refractivity contribution in [2.24, 2.45) is 4.52 Å². The van der Waals surface area contributed by atoms with Gasteiger partial charge in [0.2, 0.25) is 0 Å². The SMILES string of the molecule is CP1N=P(C)(C)N(F)P(F)N1F. The molecule has 0 radical (unpaired) electrons. The second kappa shape index (κ2) is 3.51. The Kier molecular flexibility index (Phi) is 3.18. The van der Waals surface area contributed by atoms with Gasteiger partial charge in [-0.2, -0.15) is 4.20 Å². The molecule has 2 atom stereocenters. The minimum absolute atomic E-state index is 0.0648. The maximum Gasteiger partial charge on any atom is 0.304 e. The first-order chi connectivity index (χ1) is 5.36. The monoisotopic (exact) mass is 237 g/mol. The van der Waals surface area contributed by atoms with Gasteiger partial charge >= 0.3 is 8.53 Å². The van der Waals surface area contributed by atoms with Crippen LogP contribution in [0.3, 0.4) is 0 Å². The van der Waals surface area contributed by atoms with E-state index in [-0.39, 0.29) is 9.33 Å². The molecule has 2 unspecified atom stereocenters. The Balaban J connectivity index is 3.01. The highest BCUT2D eigenvalue weighted by molar-refractivity contribution is 7.82. The van der Waals surface area contributed by atoms with E-state index in [0.29, 0.717) is 0 Å². The van der Waals surface area contributed by atoms with Crippen molar-refractivity contribution in [3.05, 3.63) is 0 Å². The van der Waals surface area contributed by atoms with Gasteiger partial charge in [-0.05, 0) is 29.3 Å². The number of rotatable bonds is 0. The van der Waals surface area contributed by atoms with Crippen LogP contribution < -0.4 is 0 Å². The van der Waals surface area contributed by atoms with E-state index >= 15 is 0 Å². The molecule has 9 heteroatoms. The molecule has 0 aromatic carbocycles. The molecule has 1 aliphatic heterocycles. The van der Waals surface area contributed by atoms with Crippen LogP contribution in [0.15, 0.2) is 4.52 Å². The largest absolute Gasteiger partial charge is 0.304 e. The highest BCUT2D eigenvalue weighted by atomic mass is 31.3. The summed E-state index contributed by atoms with van der Waals surface area (Å²) in [5, 5.41) is 0. The zero-order valence-electron chi connectivity index (χ0n) is 6.82. The number of hydrogen-bond donors (Lipinski definition) is 0. The van der Waals surface area contributed by atoms with Crippen LogP contribution >= 0.6 is 24.0 Å². The molecule has 0 saturated heterocycles. The maximum atomic E-state index is 13.0. The van der Waals surface area contributed by atoms with E-state index in [2.05, 4.69) is 4.52 Å². The molecular weight excluding hydrogens is 228 g/mol. The Morgan fingerprint density at radius 2 is 1.83 bits per heavy atom. The minimum Gasteiger partial charge on any atom is -0.243 e. The molecule has 0 spiro atoms. The highest BCUT2D eigenvalue weighted by Crippen LogP contribution is 2.75. The van der Waals surface area contributed by atoms with Crippen LogP contribution in [0.1, 0.15) is 0 Å². The van der Waals surface area contributed by atoms with Crippen LogP contribution in [-0.4, -0.2) is 29.3 Å². The van der Waals surface area contributed by atoms with E-state index in [1.54, 1.807) is 0 Å². The lowest BCUT2D eigenvalue weighted by molar-refractivity contribution is 0.200. The summed E-state index contributed by atoms with van der Waals surface area (Å²) < 4.78 is 42.2. The van der Waals surface area contributed by atoms with Gasteiger partial charge in [0.15, 0.2) is 0 Å². The van der Waals surface area contributed by atoms with Gasteiger partial charge < -0.3 is 0 Å². The Hall–Kier alpha value is 0.800. The molecule has 0 fully saturated rings. The van der Waals surface area contributed by atoms with E-state index < -0.39 is 24.0 Å². The number of hydrogen-bond acceptors (Lipinski definition) is 3. The van der Waals surface area contributed by atoms with Gasteiger partial charge in [-0.15, -0.1) is 8.96 Å². The maximum absolute atomic E-state index is 13.0. The van der Waals surface area contributed by atoms with E-state index in [9.17, 15) is 13.2 Å². The number of nitrogens with zero attached hydrogens (tertiary/aromatic N) is 3. The smallest absolute Gasteiger partial charge is 0.243 e. The zero-order chi connectivity index (χ0) is 9.52. The molecule has 0 saturated carbocycles. The first kappa shape index (κ1) is 10.9. The fraction of sp³-hybridized carbons (Fsp3) is 1.00. The Bertz CT molecular complexity index is 230. The summed E-state index contributed by atoms with van der Waals surface area (Å²) >= 11 is 0. The molecule has 1 rings (SSSR count). The van der Waals surface area contributed by atoms with Crippen LogP contribution in [0.2, 0.25) is 0 Å². The summed E-state index contributed by atoms with van der Waals surface area (Å²) in [6.07, 6.45) is 0. The third-order valence-electron chi connectivity index (χ3n) is 1.26. The fourth-order valence-corrected chi connectivity index (χ4v) is 7.47. The third kappa shape index (κ3) is 1.83. The predicted octanol–water partition coefficient (Wildman–Crippen LogP) is 3.89. The molecule has 1 heterocycles. The quantitative estimate of drug-likeness (QED) is 0.470. The second-order valence-corrected chi connectivity index (χ2v) is 9.52. The topological polar surface area (TPSA) is 18.8 Å². The van der Waals surface area contributed by atoms with E-state index in [1.165, 1.54) is 20.0 Å². The van der Waals surface area contributed by atoms with Crippen molar-refractivity contribution in [1.82, 2.24) is 9.33 Å². The third-order valence-corrected chi connectivity index (χ3v) is 8.86. The van der Waals surface area contributed by atoms with E-state index in [0.717, 1.165) is 0 Å². The van der Waals surface area contributed by atoms with Crippen molar-refractivity contribution in [2.75, 3.05) is 20.0 Å². The average molecular weight is 237 g/mol. The van der Waals surface area contributed by atoms with Crippen molar-refractivity contribution >= 4 is 24.0 Å². The van der Waals surface area contributed by atoms with Crippen LogP contribution in [0.5, 0.6) is 0 Å². The molecular formula is C3H9F3N3P3. The van der Waals surface area contributed by atoms with Crippen LogP contribution in [0.4, 0.5) is 13.2 Å². The summed E-state index contributed by atoms with van der Waals surface area (Å²) in [6, 6.07) is 0. The van der Waals surface area contributed by atoms with Gasteiger partial charge in [-0.25, -0.2) is 4.52 Å². The van der Waals surface area contributed by atoms with Crippen molar-refractivity contribution in [1.29, 1.82) is 0 Å². The first-order valence-corrected chi connectivity index (χ1v) is 8.47. The lowest BCUT2D eigenvalue weighted by Gasteiger charge is -2.33. The highest BCUT2D eigenvalue weighted by Gasteiger charge is 2.41. The first-order valence-electron chi connectivity index (χ1n) is 3.05. The summed E-state index contributed by atoms with van der Waals surface area (Å²) in [7, 11) is -6.80. The molecule has 0 aromatic heterocycles. The van der Waals surface area contributed by atoms with Crippen LogP contribution in [-0.2, 0) is 0 Å². The molecule has 0 amide bonds. The Labute approximate surface area is 71.7 Å². The predicted molar refractivity (Wildman–Crippen MR) is 48.0 cm³/mol. The molecule has 72 valence electrons. The molecule has 3 nitrogen and oxygen atoms in total.